The van der Waals surface area contributed by atoms with Gasteiger partial charge in [-0.15, -0.1) is 0 Å². The first kappa shape index (κ1) is 29.4. The Kier molecular flexibility index (Phi) is 8.69. The van der Waals surface area contributed by atoms with Crippen molar-refractivity contribution < 1.29 is 38.1 Å². The molecule has 1 fully saturated rings. The van der Waals surface area contributed by atoms with E-state index in [1.54, 1.807) is 51.1 Å². The molecular formula is C29H28N2O9S2. The van der Waals surface area contributed by atoms with Gasteiger partial charge >= 0.3 is 16.8 Å². The van der Waals surface area contributed by atoms with E-state index in [1.807, 2.05) is 0 Å². The van der Waals surface area contributed by atoms with Crippen molar-refractivity contribution in [2.75, 3.05) is 31.3 Å². The number of thioether (sulfide) groups is 1. The number of ether oxygens (including phenoxy) is 4. The SMILES string of the molecule is CCOC(=O)COc1ccc([C@@H]2c3sc(=O)[nH]c3S[C@H]3C(=O)N(c4ccc(C(=O)OCC)cc4)C(=O)[C@@H]23)cc1OCC. The number of carbonyl (C=O) groups is 4. The van der Waals surface area contributed by atoms with E-state index in [0.717, 1.165) is 16.2 Å². The normalized spacial score (nSPS) is 19.2. The van der Waals surface area contributed by atoms with E-state index in [1.165, 1.54) is 23.9 Å². The molecule has 2 aromatic carbocycles. The lowest BCUT2D eigenvalue weighted by molar-refractivity contribution is -0.145. The summed E-state index contributed by atoms with van der Waals surface area (Å²) in [7, 11) is 0. The van der Waals surface area contributed by atoms with Crippen molar-refractivity contribution >= 4 is 52.5 Å². The summed E-state index contributed by atoms with van der Waals surface area (Å²) >= 11 is 2.16. The lowest BCUT2D eigenvalue weighted by atomic mass is 9.83. The Morgan fingerprint density at radius 3 is 2.31 bits per heavy atom. The third-order valence-electron chi connectivity index (χ3n) is 6.74. The van der Waals surface area contributed by atoms with Gasteiger partial charge in [-0.25, -0.2) is 14.5 Å². The summed E-state index contributed by atoms with van der Waals surface area (Å²) in [4.78, 5) is 68.4. The number of thiazole rings is 1. The van der Waals surface area contributed by atoms with Gasteiger partial charge < -0.3 is 23.9 Å². The van der Waals surface area contributed by atoms with Crippen LogP contribution >= 0.6 is 23.1 Å². The maximum Gasteiger partial charge on any atom is 0.344 e. The Morgan fingerprint density at radius 1 is 0.881 bits per heavy atom. The highest BCUT2D eigenvalue weighted by atomic mass is 32.2. The molecule has 1 saturated heterocycles. The van der Waals surface area contributed by atoms with E-state index >= 15 is 0 Å². The molecule has 0 spiro atoms. The van der Waals surface area contributed by atoms with Crippen molar-refractivity contribution in [2.45, 2.75) is 37.0 Å². The van der Waals surface area contributed by atoms with Crippen LogP contribution < -0.4 is 19.2 Å². The predicted molar refractivity (Wildman–Crippen MR) is 155 cm³/mol. The zero-order chi connectivity index (χ0) is 30.0. The van der Waals surface area contributed by atoms with Gasteiger partial charge in [-0.05, 0) is 62.7 Å². The van der Waals surface area contributed by atoms with Crippen LogP contribution in [0.1, 0.15) is 47.5 Å². The van der Waals surface area contributed by atoms with Crippen LogP contribution in [-0.2, 0) is 23.9 Å². The van der Waals surface area contributed by atoms with Crippen LogP contribution in [0.5, 0.6) is 11.5 Å². The van der Waals surface area contributed by atoms with Gasteiger partial charge in [0.1, 0.15) is 5.25 Å². The molecule has 0 radical (unpaired) electrons. The smallest absolute Gasteiger partial charge is 0.344 e. The van der Waals surface area contributed by atoms with E-state index in [9.17, 15) is 24.0 Å². The van der Waals surface area contributed by atoms with E-state index in [0.29, 0.717) is 44.8 Å². The van der Waals surface area contributed by atoms with Gasteiger partial charge in [-0.1, -0.05) is 29.2 Å². The number of nitrogens with zero attached hydrogens (tertiary/aromatic N) is 1. The number of benzene rings is 2. The van der Waals surface area contributed by atoms with Crippen LogP contribution in [0.15, 0.2) is 52.3 Å². The molecule has 220 valence electrons. The highest BCUT2D eigenvalue weighted by Gasteiger charge is 2.56. The Balaban J connectivity index is 1.51. The third kappa shape index (κ3) is 5.53. The molecule has 0 unspecified atom stereocenters. The molecule has 0 bridgehead atoms. The van der Waals surface area contributed by atoms with Gasteiger partial charge in [-0.3, -0.25) is 14.4 Å². The molecule has 2 aliphatic rings. The molecular weight excluding hydrogens is 584 g/mol. The quantitative estimate of drug-likeness (QED) is 0.266. The van der Waals surface area contributed by atoms with Crippen LogP contribution in [0, 0.1) is 5.92 Å². The fourth-order valence-electron chi connectivity index (χ4n) is 5.04. The molecule has 1 N–H and O–H groups in total. The summed E-state index contributed by atoms with van der Waals surface area (Å²) in [5, 5.41) is -0.252. The summed E-state index contributed by atoms with van der Waals surface area (Å²) in [6.45, 7) is 5.66. The van der Waals surface area contributed by atoms with Crippen molar-refractivity contribution in [1.82, 2.24) is 4.98 Å². The van der Waals surface area contributed by atoms with Crippen LogP contribution in [0.3, 0.4) is 0 Å². The molecule has 0 aliphatic carbocycles. The van der Waals surface area contributed by atoms with E-state index < -0.39 is 40.8 Å². The second-order valence-corrected chi connectivity index (χ2v) is 11.4. The molecule has 5 rings (SSSR count). The fraction of sp³-hybridized carbons (Fsp3) is 0.345. The number of hydrogen-bond donors (Lipinski definition) is 1. The van der Waals surface area contributed by atoms with Crippen LogP contribution in [-0.4, -0.2) is 60.4 Å². The maximum atomic E-state index is 14.0. The Morgan fingerprint density at radius 2 is 1.62 bits per heavy atom. The summed E-state index contributed by atoms with van der Waals surface area (Å²) in [5.41, 5.74) is 1.29. The van der Waals surface area contributed by atoms with Gasteiger partial charge in [-0.2, -0.15) is 0 Å². The number of esters is 2. The molecule has 3 atom stereocenters. The first-order valence-corrected chi connectivity index (χ1v) is 15.1. The van der Waals surface area contributed by atoms with Crippen molar-refractivity contribution in [1.29, 1.82) is 0 Å². The topological polar surface area (TPSA) is 141 Å². The number of fused-ring (bicyclic) bond motifs is 2. The second kappa shape index (κ2) is 12.4. The van der Waals surface area contributed by atoms with Crippen LogP contribution in [0.25, 0.3) is 0 Å². The van der Waals surface area contributed by atoms with Crippen molar-refractivity contribution in [3.63, 3.8) is 0 Å². The zero-order valence-corrected chi connectivity index (χ0v) is 24.7. The summed E-state index contributed by atoms with van der Waals surface area (Å²) in [5.74, 6) is -2.64. The highest BCUT2D eigenvalue weighted by Crippen LogP contribution is 2.53. The lowest BCUT2D eigenvalue weighted by Gasteiger charge is -2.30. The molecule has 13 heteroatoms. The molecule has 1 aromatic heterocycles. The molecule has 11 nitrogen and oxygen atoms in total. The third-order valence-corrected chi connectivity index (χ3v) is 9.14. The van der Waals surface area contributed by atoms with Crippen LogP contribution in [0.2, 0.25) is 0 Å². The Labute approximate surface area is 249 Å². The first-order valence-electron chi connectivity index (χ1n) is 13.4. The van der Waals surface area contributed by atoms with Crippen molar-refractivity contribution in [3.05, 3.63) is 68.1 Å². The van der Waals surface area contributed by atoms with Gasteiger partial charge in [0.2, 0.25) is 11.8 Å². The van der Waals surface area contributed by atoms with Gasteiger partial charge in [0, 0.05) is 10.8 Å². The largest absolute Gasteiger partial charge is 0.490 e. The molecule has 2 amide bonds. The van der Waals surface area contributed by atoms with Gasteiger partial charge in [0.05, 0.1) is 42.0 Å². The van der Waals surface area contributed by atoms with Gasteiger partial charge in [0.15, 0.2) is 18.1 Å². The molecule has 3 heterocycles. The zero-order valence-electron chi connectivity index (χ0n) is 23.0. The number of rotatable bonds is 10. The number of hydrogen-bond acceptors (Lipinski definition) is 11. The summed E-state index contributed by atoms with van der Waals surface area (Å²) in [6.07, 6.45) is 0. The van der Waals surface area contributed by atoms with E-state index in [2.05, 4.69) is 4.98 Å². The predicted octanol–water partition coefficient (Wildman–Crippen LogP) is 3.75. The standard InChI is InChI=1S/C29H28N2O9S2/c1-4-37-19-13-16(9-12-18(19)40-14-20(32)38-5-2)21-22-24(41-25-23(21)42-29(36)30-25)27(34)31(26(22)33)17-10-7-15(8-11-17)28(35)39-6-3/h7-13,21-22,24H,4-6,14H2,1-3H3,(H,30,36)/t21-,22-,24+/m0/s1. The monoisotopic (exact) mass is 612 g/mol. The number of nitrogens with one attached hydrogen (secondary N) is 1. The fourth-order valence-corrected chi connectivity index (χ4v) is 7.55. The number of carbonyl (C=O) groups excluding carboxylic acids is 4. The minimum atomic E-state index is -0.813. The van der Waals surface area contributed by atoms with Gasteiger partial charge in [0.25, 0.3) is 0 Å². The lowest BCUT2D eigenvalue weighted by Crippen LogP contribution is -2.32. The molecule has 2 aliphatic heterocycles. The molecule has 0 saturated carbocycles. The van der Waals surface area contributed by atoms with Crippen molar-refractivity contribution in [2.24, 2.45) is 5.92 Å². The van der Waals surface area contributed by atoms with Crippen molar-refractivity contribution in [3.8, 4) is 11.5 Å². The average Bonchev–Trinajstić information content (AvgIpc) is 3.47. The van der Waals surface area contributed by atoms with Crippen LogP contribution in [0.4, 0.5) is 5.69 Å². The minimum Gasteiger partial charge on any atom is -0.490 e. The minimum absolute atomic E-state index is 0.224. The Bertz CT molecular complexity index is 1580. The second-order valence-electron chi connectivity index (χ2n) is 9.26. The summed E-state index contributed by atoms with van der Waals surface area (Å²) < 4.78 is 21.4. The number of amides is 2. The highest BCUT2D eigenvalue weighted by molar-refractivity contribution is 8.00. The number of imide groups is 1. The Hall–Kier alpha value is -4.10. The first-order chi connectivity index (χ1) is 20.3. The maximum absolute atomic E-state index is 14.0. The molecule has 3 aromatic rings. The summed E-state index contributed by atoms with van der Waals surface area (Å²) in [6, 6.07) is 11.2. The van der Waals surface area contributed by atoms with E-state index in [4.69, 9.17) is 18.9 Å². The number of anilines is 1. The number of aromatic nitrogens is 1. The van der Waals surface area contributed by atoms with E-state index in [-0.39, 0.29) is 24.7 Å². The number of H-pyrrole nitrogens is 1. The molecule has 42 heavy (non-hydrogen) atoms. The number of aromatic amines is 1. The average molecular weight is 613 g/mol.